The first-order valence-electron chi connectivity index (χ1n) is 9.90. The maximum atomic E-state index is 12.2. The molecule has 3 heterocycles. The molecule has 150 valence electrons. The van der Waals surface area contributed by atoms with E-state index in [0.29, 0.717) is 38.6 Å². The first-order chi connectivity index (χ1) is 13.5. The molecule has 1 fully saturated rings. The molecular formula is C19H27N7O2. The topological polar surface area (TPSA) is 108 Å². The van der Waals surface area contributed by atoms with Gasteiger partial charge in [0.1, 0.15) is 0 Å². The Morgan fingerprint density at radius 1 is 1.21 bits per heavy atom. The second-order valence-corrected chi connectivity index (χ2v) is 7.89. The van der Waals surface area contributed by atoms with Crippen molar-refractivity contribution in [2.24, 2.45) is 5.92 Å². The van der Waals surface area contributed by atoms with E-state index in [2.05, 4.69) is 25.9 Å². The van der Waals surface area contributed by atoms with Crippen LogP contribution in [-0.4, -0.2) is 43.4 Å². The van der Waals surface area contributed by atoms with Gasteiger partial charge in [-0.1, -0.05) is 13.8 Å². The number of nitrogens with one attached hydrogen (secondary N) is 3. The summed E-state index contributed by atoms with van der Waals surface area (Å²) in [5.41, 5.74) is 3.79. The minimum atomic E-state index is -0.245. The summed E-state index contributed by atoms with van der Waals surface area (Å²) in [6.45, 7) is 6.52. The van der Waals surface area contributed by atoms with E-state index >= 15 is 0 Å². The second-order valence-electron chi connectivity index (χ2n) is 7.89. The molecule has 1 aliphatic carbocycles. The lowest BCUT2D eigenvalue weighted by molar-refractivity contribution is -0.136. The van der Waals surface area contributed by atoms with Crippen molar-refractivity contribution in [2.75, 3.05) is 6.54 Å². The summed E-state index contributed by atoms with van der Waals surface area (Å²) in [5.74, 6) is 0.752. The quantitative estimate of drug-likeness (QED) is 0.700. The highest BCUT2D eigenvalue weighted by atomic mass is 16.2. The normalized spacial score (nSPS) is 16.2. The zero-order chi connectivity index (χ0) is 19.7. The van der Waals surface area contributed by atoms with E-state index in [1.807, 2.05) is 35.6 Å². The maximum absolute atomic E-state index is 12.2. The lowest BCUT2D eigenvalue weighted by Crippen LogP contribution is -2.40. The minimum absolute atomic E-state index is 0.00506. The molecule has 3 N–H and O–H groups in total. The number of H-pyrrole nitrogens is 1. The third-order valence-corrected chi connectivity index (χ3v) is 5.17. The number of hydrogen-bond donors (Lipinski definition) is 3. The molecule has 2 aromatic rings. The summed E-state index contributed by atoms with van der Waals surface area (Å²) in [6, 6.07) is 3.73. The molecule has 0 spiro atoms. The van der Waals surface area contributed by atoms with Crippen LogP contribution in [0.25, 0.3) is 0 Å². The Bertz CT molecular complexity index is 866. The average molecular weight is 385 g/mol. The largest absolute Gasteiger partial charge is 0.335 e. The summed E-state index contributed by atoms with van der Waals surface area (Å²) in [4.78, 5) is 26.1. The van der Waals surface area contributed by atoms with Crippen LogP contribution in [0.4, 0.5) is 4.79 Å². The Morgan fingerprint density at radius 2 is 2.00 bits per heavy atom. The highest BCUT2D eigenvalue weighted by molar-refractivity contribution is 5.78. The van der Waals surface area contributed by atoms with E-state index in [4.69, 9.17) is 0 Å². The van der Waals surface area contributed by atoms with Gasteiger partial charge in [-0.25, -0.2) is 4.79 Å². The highest BCUT2D eigenvalue weighted by Gasteiger charge is 2.26. The van der Waals surface area contributed by atoms with E-state index < -0.39 is 0 Å². The number of carbonyl (C=O) groups excluding carboxylic acids is 2. The number of nitrogens with zero attached hydrogens (tertiary/aromatic N) is 4. The number of amides is 3. The molecule has 2 aliphatic rings. The molecule has 4 rings (SSSR count). The molecule has 0 unspecified atom stereocenters. The van der Waals surface area contributed by atoms with Crippen molar-refractivity contribution in [3.63, 3.8) is 0 Å². The molecule has 9 nitrogen and oxygen atoms in total. The van der Waals surface area contributed by atoms with Crippen LogP contribution in [0.15, 0.2) is 12.1 Å². The van der Waals surface area contributed by atoms with Gasteiger partial charge < -0.3 is 15.5 Å². The number of hydrogen-bond acceptors (Lipinski definition) is 4. The first kappa shape index (κ1) is 18.5. The monoisotopic (exact) mass is 385 g/mol. The van der Waals surface area contributed by atoms with Crippen LogP contribution in [0.3, 0.4) is 0 Å². The average Bonchev–Trinajstić information content (AvgIpc) is 3.28. The fourth-order valence-electron chi connectivity index (χ4n) is 3.43. The van der Waals surface area contributed by atoms with Gasteiger partial charge in [0.2, 0.25) is 5.91 Å². The fraction of sp³-hybridized carbons (Fsp3) is 0.579. The molecule has 0 aromatic carbocycles. The molecule has 0 bridgehead atoms. The van der Waals surface area contributed by atoms with Crippen molar-refractivity contribution in [3.8, 4) is 0 Å². The highest BCUT2D eigenvalue weighted by Crippen LogP contribution is 2.38. The van der Waals surface area contributed by atoms with Gasteiger partial charge in [0.05, 0.1) is 49.0 Å². The SMILES string of the molecule is CC(C)C(=O)N1CCn2nc(CNC(=O)NCc3cc(C4CC4)n[nH]3)cc2C1. The molecule has 2 aromatic heterocycles. The summed E-state index contributed by atoms with van der Waals surface area (Å²) in [6.07, 6.45) is 2.41. The zero-order valence-corrected chi connectivity index (χ0v) is 16.4. The Balaban J connectivity index is 1.25. The fourth-order valence-corrected chi connectivity index (χ4v) is 3.43. The first-order valence-corrected chi connectivity index (χ1v) is 9.90. The van der Waals surface area contributed by atoms with Crippen LogP contribution in [0, 0.1) is 5.92 Å². The number of urea groups is 1. The summed E-state index contributed by atoms with van der Waals surface area (Å²) < 4.78 is 1.92. The number of rotatable bonds is 6. The zero-order valence-electron chi connectivity index (χ0n) is 16.4. The Hall–Kier alpha value is -2.84. The van der Waals surface area contributed by atoms with E-state index in [1.165, 1.54) is 12.8 Å². The number of fused-ring (bicyclic) bond motifs is 1. The van der Waals surface area contributed by atoms with Gasteiger partial charge in [-0.15, -0.1) is 0 Å². The van der Waals surface area contributed by atoms with Gasteiger partial charge >= 0.3 is 6.03 Å². The van der Waals surface area contributed by atoms with Crippen molar-refractivity contribution in [2.45, 2.75) is 58.8 Å². The number of aromatic amines is 1. The van der Waals surface area contributed by atoms with Crippen molar-refractivity contribution in [1.29, 1.82) is 0 Å². The standard InChI is InChI=1S/C19H27N7O2/c1-12(2)18(27)25-5-6-26-16(11-25)7-15(24-26)10-21-19(28)20-9-14-8-17(23-22-14)13-3-4-13/h7-8,12-13H,3-6,9-11H2,1-2H3,(H,22,23)(H2,20,21,28). The van der Waals surface area contributed by atoms with E-state index in [9.17, 15) is 9.59 Å². The molecule has 0 radical (unpaired) electrons. The van der Waals surface area contributed by atoms with Crippen molar-refractivity contribution in [3.05, 3.63) is 34.9 Å². The molecule has 3 amide bonds. The molecule has 0 atom stereocenters. The molecule has 28 heavy (non-hydrogen) atoms. The Morgan fingerprint density at radius 3 is 2.75 bits per heavy atom. The van der Waals surface area contributed by atoms with Crippen LogP contribution < -0.4 is 10.6 Å². The maximum Gasteiger partial charge on any atom is 0.315 e. The lowest BCUT2D eigenvalue weighted by atomic mass is 10.1. The molecule has 0 saturated heterocycles. The third kappa shape index (κ3) is 4.18. The van der Waals surface area contributed by atoms with Gasteiger partial charge in [0, 0.05) is 18.4 Å². The van der Waals surface area contributed by atoms with Crippen molar-refractivity contribution < 1.29 is 9.59 Å². The molecular weight excluding hydrogens is 358 g/mol. The Kier molecular flexibility index (Phi) is 5.06. The van der Waals surface area contributed by atoms with Crippen LogP contribution in [-0.2, 0) is 31.0 Å². The van der Waals surface area contributed by atoms with E-state index in [1.54, 1.807) is 0 Å². The summed E-state index contributed by atoms with van der Waals surface area (Å²) in [5, 5.41) is 17.4. The van der Waals surface area contributed by atoms with Crippen molar-refractivity contribution >= 4 is 11.9 Å². The third-order valence-electron chi connectivity index (χ3n) is 5.17. The van der Waals surface area contributed by atoms with Gasteiger partial charge in [-0.05, 0) is 25.0 Å². The van der Waals surface area contributed by atoms with Crippen LogP contribution in [0.2, 0.25) is 0 Å². The smallest absolute Gasteiger partial charge is 0.315 e. The second kappa shape index (κ2) is 7.65. The molecule has 1 aliphatic heterocycles. The van der Waals surface area contributed by atoms with Gasteiger partial charge in [0.25, 0.3) is 0 Å². The van der Waals surface area contributed by atoms with E-state index in [0.717, 1.165) is 22.8 Å². The Labute approximate surface area is 163 Å². The predicted molar refractivity (Wildman–Crippen MR) is 102 cm³/mol. The lowest BCUT2D eigenvalue weighted by Gasteiger charge is -2.29. The molecule has 9 heteroatoms. The predicted octanol–water partition coefficient (Wildman–Crippen LogP) is 1.48. The van der Waals surface area contributed by atoms with Gasteiger partial charge in [0.15, 0.2) is 0 Å². The van der Waals surface area contributed by atoms with Crippen LogP contribution >= 0.6 is 0 Å². The van der Waals surface area contributed by atoms with Crippen LogP contribution in [0.5, 0.6) is 0 Å². The van der Waals surface area contributed by atoms with Gasteiger partial charge in [-0.2, -0.15) is 10.2 Å². The van der Waals surface area contributed by atoms with Crippen molar-refractivity contribution in [1.82, 2.24) is 35.5 Å². The minimum Gasteiger partial charge on any atom is -0.335 e. The number of aromatic nitrogens is 4. The summed E-state index contributed by atoms with van der Waals surface area (Å²) in [7, 11) is 0. The van der Waals surface area contributed by atoms with E-state index in [-0.39, 0.29) is 17.9 Å². The molecule has 1 saturated carbocycles. The van der Waals surface area contributed by atoms with Gasteiger partial charge in [-0.3, -0.25) is 14.6 Å². The summed E-state index contributed by atoms with van der Waals surface area (Å²) >= 11 is 0. The van der Waals surface area contributed by atoms with Crippen LogP contribution in [0.1, 0.15) is 55.4 Å². The number of carbonyl (C=O) groups is 2.